The van der Waals surface area contributed by atoms with Gasteiger partial charge in [-0.2, -0.15) is 0 Å². The number of hydrogen-bond acceptors (Lipinski definition) is 3. The molecule has 0 aliphatic carbocycles. The van der Waals surface area contributed by atoms with Gasteiger partial charge in [-0.3, -0.25) is 4.79 Å². The highest BCUT2D eigenvalue weighted by atomic mass is 16.5. The zero-order chi connectivity index (χ0) is 15.8. The first-order valence-electron chi connectivity index (χ1n) is 7.51. The van der Waals surface area contributed by atoms with Crippen molar-refractivity contribution in [1.82, 2.24) is 0 Å². The van der Waals surface area contributed by atoms with Gasteiger partial charge in [0.05, 0.1) is 19.6 Å². The van der Waals surface area contributed by atoms with Crippen molar-refractivity contribution in [2.45, 2.75) is 12.8 Å². The number of ether oxygens (including phenoxy) is 1. The minimum Gasteiger partial charge on any atom is -0.469 e. The van der Waals surface area contributed by atoms with E-state index in [1.165, 1.54) is 7.11 Å². The molecule has 0 saturated heterocycles. The lowest BCUT2D eigenvalue weighted by Crippen LogP contribution is -2.31. The van der Waals surface area contributed by atoms with E-state index in [2.05, 4.69) is 0 Å². The maximum absolute atomic E-state index is 12.0. The number of aliphatic hydroxyl groups is 1. The van der Waals surface area contributed by atoms with Crippen LogP contribution in [0.5, 0.6) is 0 Å². The summed E-state index contributed by atoms with van der Waals surface area (Å²) in [6.45, 7) is -0.197. The fraction of sp³-hybridized carbons (Fsp3) is 0.316. The molecule has 0 bridgehead atoms. The number of hydrogen-bond donors (Lipinski definition) is 1. The van der Waals surface area contributed by atoms with Gasteiger partial charge in [0.1, 0.15) is 0 Å². The molecule has 2 rings (SSSR count). The van der Waals surface area contributed by atoms with Crippen LogP contribution in [-0.2, 0) is 22.4 Å². The van der Waals surface area contributed by atoms with Crippen molar-refractivity contribution in [2.24, 2.45) is 11.8 Å². The predicted octanol–water partition coefficient (Wildman–Crippen LogP) is 2.87. The van der Waals surface area contributed by atoms with E-state index in [1.807, 2.05) is 60.7 Å². The number of carbonyl (C=O) groups excluding carboxylic acids is 1. The zero-order valence-electron chi connectivity index (χ0n) is 12.8. The molecule has 22 heavy (non-hydrogen) atoms. The Balaban J connectivity index is 2.21. The molecular weight excluding hydrogens is 276 g/mol. The predicted molar refractivity (Wildman–Crippen MR) is 86.4 cm³/mol. The Bertz CT molecular complexity index is 524. The largest absolute Gasteiger partial charge is 0.469 e. The van der Waals surface area contributed by atoms with Gasteiger partial charge >= 0.3 is 5.97 Å². The Labute approximate surface area is 131 Å². The number of rotatable bonds is 7. The van der Waals surface area contributed by atoms with Crippen LogP contribution in [0.2, 0.25) is 0 Å². The maximum atomic E-state index is 12.0. The second-order valence-electron chi connectivity index (χ2n) is 5.45. The van der Waals surface area contributed by atoms with Gasteiger partial charge in [0.25, 0.3) is 0 Å². The summed E-state index contributed by atoms with van der Waals surface area (Å²) < 4.78 is 4.86. The second kappa shape index (κ2) is 8.35. The highest BCUT2D eigenvalue weighted by molar-refractivity contribution is 5.72. The molecule has 0 aliphatic rings. The summed E-state index contributed by atoms with van der Waals surface area (Å²) in [5.74, 6) is -0.855. The smallest absolute Gasteiger partial charge is 0.311 e. The van der Waals surface area contributed by atoms with Crippen molar-refractivity contribution in [2.75, 3.05) is 13.7 Å². The Morgan fingerprint density at radius 3 is 1.77 bits per heavy atom. The van der Waals surface area contributed by atoms with Crippen molar-refractivity contribution >= 4 is 5.97 Å². The molecule has 1 atom stereocenters. The highest BCUT2D eigenvalue weighted by Gasteiger charge is 2.28. The molecule has 1 N–H and O–H groups in total. The first kappa shape index (κ1) is 16.2. The molecule has 2 aromatic rings. The van der Waals surface area contributed by atoms with Crippen LogP contribution in [0.25, 0.3) is 0 Å². The Hall–Kier alpha value is -2.13. The van der Waals surface area contributed by atoms with Crippen LogP contribution in [0.1, 0.15) is 11.1 Å². The molecule has 0 heterocycles. The number of aliphatic hydroxyl groups excluding tert-OH is 1. The van der Waals surface area contributed by atoms with Crippen LogP contribution in [0.3, 0.4) is 0 Å². The van der Waals surface area contributed by atoms with Crippen LogP contribution in [0.15, 0.2) is 60.7 Å². The van der Waals surface area contributed by atoms with Crippen LogP contribution in [-0.4, -0.2) is 24.8 Å². The molecule has 0 radical (unpaired) electrons. The van der Waals surface area contributed by atoms with Crippen molar-refractivity contribution < 1.29 is 14.6 Å². The number of esters is 1. The normalized spacial score (nSPS) is 12.1. The van der Waals surface area contributed by atoms with E-state index in [-0.39, 0.29) is 18.5 Å². The van der Waals surface area contributed by atoms with Gasteiger partial charge in [-0.25, -0.2) is 0 Å². The van der Waals surface area contributed by atoms with E-state index in [9.17, 15) is 9.90 Å². The van der Waals surface area contributed by atoms with Crippen LogP contribution < -0.4 is 0 Å². The van der Waals surface area contributed by atoms with E-state index in [0.717, 1.165) is 24.0 Å². The molecule has 1 unspecified atom stereocenters. The molecule has 0 spiro atoms. The van der Waals surface area contributed by atoms with Crippen molar-refractivity contribution in [3.63, 3.8) is 0 Å². The number of carbonyl (C=O) groups is 1. The van der Waals surface area contributed by atoms with Crippen LogP contribution >= 0.6 is 0 Å². The molecule has 0 aliphatic heterocycles. The van der Waals surface area contributed by atoms with E-state index in [1.54, 1.807) is 0 Å². The van der Waals surface area contributed by atoms with E-state index < -0.39 is 5.92 Å². The summed E-state index contributed by atoms with van der Waals surface area (Å²) >= 11 is 0. The van der Waals surface area contributed by atoms with Gasteiger partial charge in [-0.15, -0.1) is 0 Å². The Kier molecular flexibility index (Phi) is 6.16. The average Bonchev–Trinajstić information content (AvgIpc) is 2.57. The number of benzene rings is 2. The lowest BCUT2D eigenvalue weighted by Gasteiger charge is -2.24. The van der Waals surface area contributed by atoms with E-state index >= 15 is 0 Å². The molecule has 0 saturated carbocycles. The van der Waals surface area contributed by atoms with Crippen molar-refractivity contribution in [1.29, 1.82) is 0 Å². The van der Waals surface area contributed by atoms with Gasteiger partial charge in [0, 0.05) is 0 Å². The molecule has 2 aromatic carbocycles. The van der Waals surface area contributed by atoms with Crippen molar-refractivity contribution in [3.8, 4) is 0 Å². The first-order valence-corrected chi connectivity index (χ1v) is 7.51. The lowest BCUT2D eigenvalue weighted by molar-refractivity contribution is -0.149. The minimum absolute atomic E-state index is 0.00208. The molecule has 116 valence electrons. The highest BCUT2D eigenvalue weighted by Crippen LogP contribution is 2.23. The molecular formula is C19H22O3. The zero-order valence-corrected chi connectivity index (χ0v) is 12.8. The quantitative estimate of drug-likeness (QED) is 0.800. The van der Waals surface area contributed by atoms with E-state index in [0.29, 0.717) is 0 Å². The lowest BCUT2D eigenvalue weighted by atomic mass is 9.82. The molecule has 0 fully saturated rings. The Morgan fingerprint density at radius 2 is 1.41 bits per heavy atom. The molecule has 0 amide bonds. The summed E-state index contributed by atoms with van der Waals surface area (Å²) in [6, 6.07) is 20.1. The van der Waals surface area contributed by atoms with E-state index in [4.69, 9.17) is 4.74 Å². The van der Waals surface area contributed by atoms with Gasteiger partial charge in [-0.05, 0) is 29.9 Å². The number of methoxy groups -OCH3 is 1. The third kappa shape index (κ3) is 4.43. The standard InChI is InChI=1S/C19H22O3/c1-22-19(21)18(14-20)17(12-15-8-4-2-5-9-15)13-16-10-6-3-7-11-16/h2-11,17-18,20H,12-14H2,1H3. The minimum atomic E-state index is -0.509. The van der Waals surface area contributed by atoms with Gasteiger partial charge in [0.2, 0.25) is 0 Å². The van der Waals surface area contributed by atoms with Crippen molar-refractivity contribution in [3.05, 3.63) is 71.8 Å². The SMILES string of the molecule is COC(=O)C(CO)C(Cc1ccccc1)Cc1ccccc1. The molecule has 0 aromatic heterocycles. The van der Waals surface area contributed by atoms with Gasteiger partial charge in [-0.1, -0.05) is 60.7 Å². The Morgan fingerprint density at radius 1 is 0.955 bits per heavy atom. The summed E-state index contributed by atoms with van der Waals surface area (Å²) in [5.41, 5.74) is 2.32. The maximum Gasteiger partial charge on any atom is 0.311 e. The van der Waals surface area contributed by atoms with Crippen LogP contribution in [0.4, 0.5) is 0 Å². The topological polar surface area (TPSA) is 46.5 Å². The fourth-order valence-electron chi connectivity index (χ4n) is 2.76. The van der Waals surface area contributed by atoms with Crippen LogP contribution in [0, 0.1) is 11.8 Å². The molecule has 3 nitrogen and oxygen atoms in total. The molecule has 3 heteroatoms. The summed E-state index contributed by atoms with van der Waals surface area (Å²) in [6.07, 6.45) is 1.46. The third-order valence-electron chi connectivity index (χ3n) is 3.95. The average molecular weight is 298 g/mol. The first-order chi connectivity index (χ1) is 10.7. The fourth-order valence-corrected chi connectivity index (χ4v) is 2.76. The summed E-state index contributed by atoms with van der Waals surface area (Å²) in [5, 5.41) is 9.65. The third-order valence-corrected chi connectivity index (χ3v) is 3.95. The van der Waals surface area contributed by atoms with Gasteiger partial charge < -0.3 is 9.84 Å². The monoisotopic (exact) mass is 298 g/mol. The van der Waals surface area contributed by atoms with Gasteiger partial charge in [0.15, 0.2) is 0 Å². The summed E-state index contributed by atoms with van der Waals surface area (Å²) in [7, 11) is 1.37. The summed E-state index contributed by atoms with van der Waals surface area (Å²) in [4.78, 5) is 12.0. The second-order valence-corrected chi connectivity index (χ2v) is 5.45.